The standard InChI is InChI=1S/C28H30N2O3/c1-21(31)30(33-2)26-20-29(18-22-12-6-3-7-13-22)19-25(27(26)23-14-8-4-9-15-23)28(32)24-16-10-5-11-17-24/h3-17,25-27H,18-20H2,1-2H3/t25-,26+,27+/m0/s1. The maximum atomic E-state index is 13.8. The summed E-state index contributed by atoms with van der Waals surface area (Å²) in [6.45, 7) is 3.43. The van der Waals surface area contributed by atoms with Crippen LogP contribution in [0.15, 0.2) is 91.0 Å². The number of Topliss-reactive ketones (excluding diaryl/α,β-unsaturated/α-hetero) is 1. The predicted molar refractivity (Wildman–Crippen MR) is 128 cm³/mol. The fourth-order valence-electron chi connectivity index (χ4n) is 4.99. The van der Waals surface area contributed by atoms with Gasteiger partial charge < -0.3 is 0 Å². The number of benzene rings is 3. The smallest absolute Gasteiger partial charge is 0.243 e. The summed E-state index contributed by atoms with van der Waals surface area (Å²) in [5.41, 5.74) is 2.90. The summed E-state index contributed by atoms with van der Waals surface area (Å²) in [6.07, 6.45) is 0. The Bertz CT molecular complexity index is 1060. The Labute approximate surface area is 195 Å². The molecular formula is C28H30N2O3. The Kier molecular flexibility index (Phi) is 7.33. The number of piperidine rings is 1. The van der Waals surface area contributed by atoms with E-state index in [0.717, 1.165) is 5.56 Å². The molecule has 0 bridgehead atoms. The largest absolute Gasteiger partial charge is 0.296 e. The molecule has 0 aromatic heterocycles. The summed E-state index contributed by atoms with van der Waals surface area (Å²) in [5.74, 6) is -0.591. The summed E-state index contributed by atoms with van der Waals surface area (Å²) in [7, 11) is 1.52. The van der Waals surface area contributed by atoms with E-state index in [2.05, 4.69) is 17.0 Å². The number of carbonyl (C=O) groups excluding carboxylic acids is 2. The van der Waals surface area contributed by atoms with Crippen LogP contribution in [0.2, 0.25) is 0 Å². The molecule has 33 heavy (non-hydrogen) atoms. The van der Waals surface area contributed by atoms with Gasteiger partial charge in [0.05, 0.1) is 13.2 Å². The predicted octanol–water partition coefficient (Wildman–Crippen LogP) is 4.56. The van der Waals surface area contributed by atoms with Crippen LogP contribution in [0.3, 0.4) is 0 Å². The second-order valence-electron chi connectivity index (χ2n) is 8.55. The average Bonchev–Trinajstić information content (AvgIpc) is 2.85. The van der Waals surface area contributed by atoms with Gasteiger partial charge in [-0.3, -0.25) is 19.3 Å². The Hall–Kier alpha value is -3.28. The molecule has 0 radical (unpaired) electrons. The van der Waals surface area contributed by atoms with Gasteiger partial charge in [-0.05, 0) is 11.1 Å². The van der Waals surface area contributed by atoms with Crippen molar-refractivity contribution in [3.63, 3.8) is 0 Å². The van der Waals surface area contributed by atoms with Gasteiger partial charge in [-0.1, -0.05) is 91.0 Å². The number of hydrogen-bond donors (Lipinski definition) is 0. The first-order valence-electron chi connectivity index (χ1n) is 11.3. The molecule has 0 N–H and O–H groups in total. The topological polar surface area (TPSA) is 49.9 Å². The molecule has 3 aromatic carbocycles. The molecule has 1 amide bonds. The van der Waals surface area contributed by atoms with Gasteiger partial charge >= 0.3 is 0 Å². The summed E-state index contributed by atoms with van der Waals surface area (Å²) in [4.78, 5) is 34.2. The van der Waals surface area contributed by atoms with Gasteiger partial charge in [0.1, 0.15) is 0 Å². The van der Waals surface area contributed by atoms with Crippen LogP contribution >= 0.6 is 0 Å². The van der Waals surface area contributed by atoms with Crippen LogP contribution in [0.1, 0.15) is 34.3 Å². The normalized spacial score (nSPS) is 20.8. The van der Waals surface area contributed by atoms with Crippen molar-refractivity contribution in [2.75, 3.05) is 20.2 Å². The van der Waals surface area contributed by atoms with Crippen molar-refractivity contribution in [3.8, 4) is 0 Å². The van der Waals surface area contributed by atoms with Gasteiger partial charge in [-0.25, -0.2) is 5.06 Å². The molecule has 0 aliphatic carbocycles. The number of ketones is 1. The quantitative estimate of drug-likeness (QED) is 0.398. The van der Waals surface area contributed by atoms with Crippen LogP contribution in [0.4, 0.5) is 0 Å². The maximum Gasteiger partial charge on any atom is 0.243 e. The number of hydroxylamine groups is 2. The van der Waals surface area contributed by atoms with Gasteiger partial charge in [-0.15, -0.1) is 0 Å². The van der Waals surface area contributed by atoms with E-state index in [0.29, 0.717) is 25.2 Å². The van der Waals surface area contributed by atoms with E-state index in [9.17, 15) is 9.59 Å². The lowest BCUT2D eigenvalue weighted by Crippen LogP contribution is -2.57. The number of amides is 1. The van der Waals surface area contributed by atoms with Gasteiger partial charge in [0.2, 0.25) is 5.91 Å². The highest BCUT2D eigenvalue weighted by Gasteiger charge is 2.45. The molecule has 0 saturated carbocycles. The van der Waals surface area contributed by atoms with Crippen LogP contribution in [-0.2, 0) is 16.2 Å². The second-order valence-corrected chi connectivity index (χ2v) is 8.55. The van der Waals surface area contributed by atoms with E-state index in [4.69, 9.17) is 4.84 Å². The highest BCUT2D eigenvalue weighted by molar-refractivity contribution is 5.98. The zero-order chi connectivity index (χ0) is 23.2. The Morgan fingerprint density at radius 1 is 0.879 bits per heavy atom. The second kappa shape index (κ2) is 10.6. The molecule has 5 nitrogen and oxygen atoms in total. The lowest BCUT2D eigenvalue weighted by Gasteiger charge is -2.46. The van der Waals surface area contributed by atoms with Gasteiger partial charge in [0.15, 0.2) is 5.78 Å². The van der Waals surface area contributed by atoms with E-state index in [-0.39, 0.29) is 29.6 Å². The molecule has 1 saturated heterocycles. The summed E-state index contributed by atoms with van der Waals surface area (Å²) in [6, 6.07) is 29.4. The zero-order valence-corrected chi connectivity index (χ0v) is 19.1. The van der Waals surface area contributed by atoms with E-state index >= 15 is 0 Å². The van der Waals surface area contributed by atoms with Crippen LogP contribution < -0.4 is 0 Å². The number of carbonyl (C=O) groups is 2. The Morgan fingerprint density at radius 3 is 2.03 bits per heavy atom. The third kappa shape index (κ3) is 5.21. The third-order valence-electron chi connectivity index (χ3n) is 6.39. The highest BCUT2D eigenvalue weighted by atomic mass is 16.7. The van der Waals surface area contributed by atoms with Crippen molar-refractivity contribution in [1.82, 2.24) is 9.96 Å². The molecule has 3 atom stereocenters. The summed E-state index contributed by atoms with van der Waals surface area (Å²) < 4.78 is 0. The maximum absolute atomic E-state index is 13.8. The zero-order valence-electron chi connectivity index (χ0n) is 19.1. The van der Waals surface area contributed by atoms with E-state index < -0.39 is 0 Å². The molecule has 1 aliphatic rings. The summed E-state index contributed by atoms with van der Waals surface area (Å²) >= 11 is 0. The highest BCUT2D eigenvalue weighted by Crippen LogP contribution is 2.38. The van der Waals surface area contributed by atoms with Gasteiger partial charge in [0, 0.05) is 44.0 Å². The van der Waals surface area contributed by atoms with Crippen molar-refractivity contribution in [1.29, 1.82) is 0 Å². The van der Waals surface area contributed by atoms with Crippen molar-refractivity contribution >= 4 is 11.7 Å². The van der Waals surface area contributed by atoms with E-state index in [1.165, 1.54) is 24.7 Å². The van der Waals surface area contributed by atoms with Gasteiger partial charge in [0.25, 0.3) is 0 Å². The molecule has 3 aromatic rings. The monoisotopic (exact) mass is 442 g/mol. The molecule has 1 heterocycles. The SMILES string of the molecule is CON(C(C)=O)[C@@H]1CN(Cc2ccccc2)C[C@H](C(=O)c2ccccc2)[C@H]1c1ccccc1. The summed E-state index contributed by atoms with van der Waals surface area (Å²) in [5, 5.41) is 1.44. The molecule has 5 heteroatoms. The first-order valence-corrected chi connectivity index (χ1v) is 11.3. The van der Waals surface area contributed by atoms with E-state index in [1.54, 1.807) is 0 Å². The van der Waals surface area contributed by atoms with Crippen LogP contribution in [0.25, 0.3) is 0 Å². The fourth-order valence-corrected chi connectivity index (χ4v) is 4.99. The van der Waals surface area contributed by atoms with Crippen LogP contribution in [0.5, 0.6) is 0 Å². The minimum absolute atomic E-state index is 0.0896. The average molecular weight is 443 g/mol. The lowest BCUT2D eigenvalue weighted by molar-refractivity contribution is -0.195. The van der Waals surface area contributed by atoms with Crippen molar-refractivity contribution in [2.24, 2.45) is 5.92 Å². The molecule has 4 rings (SSSR count). The molecule has 0 spiro atoms. The first-order chi connectivity index (χ1) is 16.1. The fraction of sp³-hybridized carbons (Fsp3) is 0.286. The van der Waals surface area contributed by atoms with Crippen molar-refractivity contribution in [3.05, 3.63) is 108 Å². The minimum atomic E-state index is -0.325. The minimum Gasteiger partial charge on any atom is -0.296 e. The molecule has 1 aliphatic heterocycles. The lowest BCUT2D eigenvalue weighted by atomic mass is 9.73. The Balaban J connectivity index is 1.77. The third-order valence-corrected chi connectivity index (χ3v) is 6.39. The number of rotatable bonds is 7. The van der Waals surface area contributed by atoms with Crippen LogP contribution in [-0.4, -0.2) is 47.9 Å². The van der Waals surface area contributed by atoms with Gasteiger partial charge in [-0.2, -0.15) is 0 Å². The number of likely N-dealkylation sites (tertiary alicyclic amines) is 1. The number of hydrogen-bond acceptors (Lipinski definition) is 4. The number of nitrogens with zero attached hydrogens (tertiary/aromatic N) is 2. The molecule has 170 valence electrons. The molecular weight excluding hydrogens is 412 g/mol. The van der Waals surface area contributed by atoms with Crippen molar-refractivity contribution in [2.45, 2.75) is 25.4 Å². The van der Waals surface area contributed by atoms with Crippen LogP contribution in [0, 0.1) is 5.92 Å². The Morgan fingerprint density at radius 2 is 1.45 bits per heavy atom. The first kappa shape index (κ1) is 22.9. The molecule has 0 unspecified atom stereocenters. The van der Waals surface area contributed by atoms with E-state index in [1.807, 2.05) is 78.9 Å². The van der Waals surface area contributed by atoms with Crippen molar-refractivity contribution < 1.29 is 14.4 Å². The molecule has 1 fully saturated rings.